The largest absolute Gasteiger partial charge is 0.330 e. The van der Waals surface area contributed by atoms with Gasteiger partial charge in [0, 0.05) is 30.5 Å². The normalized spacial score (nSPS) is 10.9. The first-order valence-corrected chi connectivity index (χ1v) is 6.01. The summed E-state index contributed by atoms with van der Waals surface area (Å²) in [5.74, 6) is 1.00. The predicted molar refractivity (Wildman–Crippen MR) is 68.0 cm³/mol. The van der Waals surface area contributed by atoms with E-state index in [1.54, 1.807) is 23.9 Å². The van der Waals surface area contributed by atoms with Crippen molar-refractivity contribution >= 4 is 11.6 Å². The topological polar surface area (TPSA) is 56.7 Å². The molecule has 0 saturated carbocycles. The lowest BCUT2D eigenvalue weighted by atomic mass is 10.1. The molecule has 96 valence electrons. The van der Waals surface area contributed by atoms with Crippen molar-refractivity contribution in [1.82, 2.24) is 14.8 Å². The molecule has 6 heteroatoms. The van der Waals surface area contributed by atoms with Crippen molar-refractivity contribution in [3.8, 4) is 0 Å². The summed E-state index contributed by atoms with van der Waals surface area (Å²) in [5.41, 5.74) is 5.90. The molecule has 0 spiro atoms. The minimum absolute atomic E-state index is 0.282. The molecule has 0 radical (unpaired) electrons. The maximum Gasteiger partial charge on any atom is 0.155 e. The molecule has 1 aromatic heterocycles. The van der Waals surface area contributed by atoms with Crippen LogP contribution in [-0.2, 0) is 19.9 Å². The predicted octanol–water partition coefficient (Wildman–Crippen LogP) is 1.70. The van der Waals surface area contributed by atoms with Crippen LogP contribution in [0.1, 0.15) is 17.2 Å². The maximum absolute atomic E-state index is 13.6. The first-order valence-electron chi connectivity index (χ1n) is 5.63. The Kier molecular flexibility index (Phi) is 3.93. The highest BCUT2D eigenvalue weighted by molar-refractivity contribution is 6.31. The first kappa shape index (κ1) is 13.0. The van der Waals surface area contributed by atoms with Crippen LogP contribution in [-0.4, -0.2) is 21.3 Å². The fourth-order valence-corrected chi connectivity index (χ4v) is 1.99. The molecule has 2 rings (SSSR count). The van der Waals surface area contributed by atoms with Crippen LogP contribution in [0.4, 0.5) is 4.39 Å². The Labute approximate surface area is 110 Å². The van der Waals surface area contributed by atoms with E-state index in [9.17, 15) is 4.39 Å². The molecule has 4 nitrogen and oxygen atoms in total. The Bertz CT molecular complexity index is 533. The van der Waals surface area contributed by atoms with E-state index in [0.29, 0.717) is 29.4 Å². The molecule has 2 aromatic rings. The van der Waals surface area contributed by atoms with Gasteiger partial charge >= 0.3 is 0 Å². The highest BCUT2D eigenvalue weighted by Crippen LogP contribution is 2.21. The summed E-state index contributed by atoms with van der Waals surface area (Å²) in [4.78, 5) is 4.32. The van der Waals surface area contributed by atoms with Crippen molar-refractivity contribution < 1.29 is 4.39 Å². The average molecular weight is 269 g/mol. The molecule has 0 aliphatic rings. The smallest absolute Gasteiger partial charge is 0.155 e. The average Bonchev–Trinajstić information content (AvgIpc) is 2.66. The molecule has 0 aliphatic heterocycles. The zero-order valence-electron chi connectivity index (χ0n) is 10.0. The summed E-state index contributed by atoms with van der Waals surface area (Å²) < 4.78 is 15.3. The fourth-order valence-electron chi connectivity index (χ4n) is 1.76. The van der Waals surface area contributed by atoms with Crippen LogP contribution in [0.3, 0.4) is 0 Å². The van der Waals surface area contributed by atoms with Crippen LogP contribution < -0.4 is 5.73 Å². The minimum Gasteiger partial charge on any atom is -0.330 e. The van der Waals surface area contributed by atoms with Gasteiger partial charge in [-0.1, -0.05) is 17.7 Å². The van der Waals surface area contributed by atoms with E-state index < -0.39 is 0 Å². The van der Waals surface area contributed by atoms with Crippen LogP contribution in [0.15, 0.2) is 18.2 Å². The number of hydrogen-bond donors (Lipinski definition) is 1. The van der Waals surface area contributed by atoms with E-state index in [0.717, 1.165) is 5.82 Å². The van der Waals surface area contributed by atoms with Crippen molar-refractivity contribution in [2.45, 2.75) is 12.8 Å². The molecule has 0 aliphatic carbocycles. The molecule has 18 heavy (non-hydrogen) atoms. The third kappa shape index (κ3) is 2.68. The van der Waals surface area contributed by atoms with E-state index in [1.165, 1.54) is 6.07 Å². The van der Waals surface area contributed by atoms with Crippen LogP contribution in [0.5, 0.6) is 0 Å². The van der Waals surface area contributed by atoms with Crippen LogP contribution in [0.25, 0.3) is 0 Å². The number of nitrogens with zero attached hydrogens (tertiary/aromatic N) is 3. The summed E-state index contributed by atoms with van der Waals surface area (Å²) in [6, 6.07) is 4.61. The fraction of sp³-hybridized carbons (Fsp3) is 0.333. The van der Waals surface area contributed by atoms with Gasteiger partial charge < -0.3 is 5.73 Å². The third-order valence-electron chi connectivity index (χ3n) is 2.66. The number of hydrogen-bond acceptors (Lipinski definition) is 3. The van der Waals surface area contributed by atoms with Crippen LogP contribution in [0.2, 0.25) is 5.02 Å². The molecule has 0 saturated heterocycles. The maximum atomic E-state index is 13.6. The highest BCUT2D eigenvalue weighted by atomic mass is 35.5. The standard InChI is InChI=1S/C12H14ClFN4/c1-18-12(5-6-15)16-11(17-18)7-8-9(13)3-2-4-10(8)14/h2-4H,5-7,15H2,1H3. The summed E-state index contributed by atoms with van der Waals surface area (Å²) in [5, 5.41) is 4.62. The summed E-state index contributed by atoms with van der Waals surface area (Å²) in [6.07, 6.45) is 0.929. The Balaban J connectivity index is 2.26. The second-order valence-electron chi connectivity index (χ2n) is 3.98. The monoisotopic (exact) mass is 268 g/mol. The van der Waals surface area contributed by atoms with Crippen LogP contribution >= 0.6 is 11.6 Å². The molecular weight excluding hydrogens is 255 g/mol. The van der Waals surface area contributed by atoms with E-state index in [-0.39, 0.29) is 12.2 Å². The number of rotatable bonds is 4. The number of aromatic nitrogens is 3. The lowest BCUT2D eigenvalue weighted by Gasteiger charge is -2.02. The number of aryl methyl sites for hydroxylation is 1. The number of nitrogens with two attached hydrogens (primary N) is 1. The SMILES string of the molecule is Cn1nc(Cc2c(F)cccc2Cl)nc1CCN. The first-order chi connectivity index (χ1) is 8.61. The summed E-state index contributed by atoms with van der Waals surface area (Å²) in [6.45, 7) is 0.506. The lowest BCUT2D eigenvalue weighted by Crippen LogP contribution is -2.08. The van der Waals surface area contributed by atoms with Gasteiger partial charge in [-0.15, -0.1) is 0 Å². The third-order valence-corrected chi connectivity index (χ3v) is 3.02. The van der Waals surface area contributed by atoms with Gasteiger partial charge in [0.25, 0.3) is 0 Å². The molecule has 0 atom stereocenters. The number of halogens is 2. The Morgan fingerprint density at radius 2 is 2.22 bits per heavy atom. The van der Waals surface area contributed by atoms with Gasteiger partial charge in [0.15, 0.2) is 5.82 Å². The van der Waals surface area contributed by atoms with E-state index in [1.807, 2.05) is 0 Å². The molecule has 1 aromatic carbocycles. The van der Waals surface area contributed by atoms with Gasteiger partial charge in [0.1, 0.15) is 11.6 Å². The summed E-state index contributed by atoms with van der Waals surface area (Å²) >= 11 is 5.96. The van der Waals surface area contributed by atoms with Crippen molar-refractivity contribution in [3.63, 3.8) is 0 Å². The van der Waals surface area contributed by atoms with E-state index >= 15 is 0 Å². The Hall–Kier alpha value is -1.46. The van der Waals surface area contributed by atoms with Gasteiger partial charge in [0.2, 0.25) is 0 Å². The van der Waals surface area contributed by atoms with Gasteiger partial charge in [-0.25, -0.2) is 9.37 Å². The number of benzene rings is 1. The van der Waals surface area contributed by atoms with Crippen molar-refractivity contribution in [3.05, 3.63) is 46.3 Å². The molecule has 0 fully saturated rings. The molecule has 0 unspecified atom stereocenters. The molecule has 1 heterocycles. The molecular formula is C12H14ClFN4. The van der Waals surface area contributed by atoms with Gasteiger partial charge in [0.05, 0.1) is 0 Å². The Morgan fingerprint density at radius 1 is 1.44 bits per heavy atom. The summed E-state index contributed by atoms with van der Waals surface area (Å²) in [7, 11) is 1.80. The quantitative estimate of drug-likeness (QED) is 0.918. The van der Waals surface area contributed by atoms with Gasteiger partial charge in [-0.2, -0.15) is 5.10 Å². The second kappa shape index (κ2) is 5.46. The van der Waals surface area contributed by atoms with E-state index in [4.69, 9.17) is 17.3 Å². The Morgan fingerprint density at radius 3 is 2.89 bits per heavy atom. The highest BCUT2D eigenvalue weighted by Gasteiger charge is 2.12. The van der Waals surface area contributed by atoms with Crippen LogP contribution in [0, 0.1) is 5.82 Å². The molecule has 0 bridgehead atoms. The molecule has 2 N–H and O–H groups in total. The second-order valence-corrected chi connectivity index (χ2v) is 4.39. The zero-order chi connectivity index (χ0) is 13.1. The zero-order valence-corrected chi connectivity index (χ0v) is 10.8. The lowest BCUT2D eigenvalue weighted by molar-refractivity contribution is 0.611. The van der Waals surface area contributed by atoms with Crippen molar-refractivity contribution in [2.75, 3.05) is 6.54 Å². The van der Waals surface area contributed by atoms with Gasteiger partial charge in [-0.05, 0) is 18.7 Å². The van der Waals surface area contributed by atoms with Crippen molar-refractivity contribution in [2.24, 2.45) is 12.8 Å². The van der Waals surface area contributed by atoms with Gasteiger partial charge in [-0.3, -0.25) is 4.68 Å². The van der Waals surface area contributed by atoms with Crippen molar-refractivity contribution in [1.29, 1.82) is 0 Å². The minimum atomic E-state index is -0.338. The van der Waals surface area contributed by atoms with E-state index in [2.05, 4.69) is 10.1 Å². The molecule has 0 amide bonds.